The second-order valence-electron chi connectivity index (χ2n) is 5.31. The molecule has 1 atom stereocenters. The van der Waals surface area contributed by atoms with Crippen molar-refractivity contribution in [1.29, 1.82) is 0 Å². The number of hydrogen-bond acceptors (Lipinski definition) is 4. The SMILES string of the molecule is COc1ccccc1C1CC(=O)Nc2c(OC)ccc(OC)c21. The lowest BCUT2D eigenvalue weighted by molar-refractivity contribution is -0.116. The molecular weight excluding hydrogens is 294 g/mol. The monoisotopic (exact) mass is 313 g/mol. The fourth-order valence-corrected chi connectivity index (χ4v) is 3.10. The molecule has 2 aromatic carbocycles. The van der Waals surface area contributed by atoms with E-state index >= 15 is 0 Å². The lowest BCUT2D eigenvalue weighted by Crippen LogP contribution is -2.25. The van der Waals surface area contributed by atoms with Crippen molar-refractivity contribution in [1.82, 2.24) is 0 Å². The van der Waals surface area contributed by atoms with Crippen LogP contribution in [0.5, 0.6) is 17.2 Å². The van der Waals surface area contributed by atoms with Crippen molar-refractivity contribution in [2.75, 3.05) is 26.6 Å². The third-order valence-electron chi connectivity index (χ3n) is 4.12. The summed E-state index contributed by atoms with van der Waals surface area (Å²) in [6.45, 7) is 0. The first-order valence-corrected chi connectivity index (χ1v) is 7.37. The summed E-state index contributed by atoms with van der Waals surface area (Å²) in [6.07, 6.45) is 0.330. The van der Waals surface area contributed by atoms with Crippen LogP contribution in [0, 0.1) is 0 Å². The van der Waals surface area contributed by atoms with Gasteiger partial charge in [-0.3, -0.25) is 4.79 Å². The number of ether oxygens (including phenoxy) is 3. The fourth-order valence-electron chi connectivity index (χ4n) is 3.10. The summed E-state index contributed by atoms with van der Waals surface area (Å²) >= 11 is 0. The predicted octanol–water partition coefficient (Wildman–Crippen LogP) is 3.19. The Balaban J connectivity index is 2.24. The minimum Gasteiger partial charge on any atom is -0.496 e. The van der Waals surface area contributed by atoms with Gasteiger partial charge in [0.25, 0.3) is 0 Å². The maximum Gasteiger partial charge on any atom is 0.225 e. The van der Waals surface area contributed by atoms with Crippen LogP contribution in [0.1, 0.15) is 23.5 Å². The van der Waals surface area contributed by atoms with Crippen molar-refractivity contribution in [2.45, 2.75) is 12.3 Å². The maximum absolute atomic E-state index is 12.2. The number of carbonyl (C=O) groups excluding carboxylic acids is 1. The predicted molar refractivity (Wildman–Crippen MR) is 87.6 cm³/mol. The third kappa shape index (κ3) is 2.59. The van der Waals surface area contributed by atoms with E-state index in [2.05, 4.69) is 5.32 Å². The first kappa shape index (κ1) is 15.2. The highest BCUT2D eigenvalue weighted by molar-refractivity contribution is 5.98. The Morgan fingerprint density at radius 3 is 2.26 bits per heavy atom. The lowest BCUT2D eigenvalue weighted by atomic mass is 9.83. The molecule has 0 bridgehead atoms. The molecule has 1 amide bonds. The van der Waals surface area contributed by atoms with Crippen molar-refractivity contribution in [2.24, 2.45) is 0 Å². The van der Waals surface area contributed by atoms with Gasteiger partial charge in [-0.25, -0.2) is 0 Å². The van der Waals surface area contributed by atoms with Crippen molar-refractivity contribution >= 4 is 11.6 Å². The first-order valence-electron chi connectivity index (χ1n) is 7.37. The lowest BCUT2D eigenvalue weighted by Gasteiger charge is -2.29. The van der Waals surface area contributed by atoms with Crippen LogP contribution in [0.15, 0.2) is 36.4 Å². The van der Waals surface area contributed by atoms with Gasteiger partial charge in [0.1, 0.15) is 17.2 Å². The minimum atomic E-state index is -0.153. The molecule has 120 valence electrons. The number of methoxy groups -OCH3 is 3. The van der Waals surface area contributed by atoms with Crippen LogP contribution in [0.4, 0.5) is 5.69 Å². The molecule has 1 N–H and O–H groups in total. The summed E-state index contributed by atoms with van der Waals surface area (Å²) in [7, 11) is 4.84. The van der Waals surface area contributed by atoms with Crippen molar-refractivity contribution in [3.63, 3.8) is 0 Å². The van der Waals surface area contributed by atoms with E-state index in [0.717, 1.165) is 22.6 Å². The topological polar surface area (TPSA) is 56.8 Å². The van der Waals surface area contributed by atoms with E-state index in [1.54, 1.807) is 27.4 Å². The van der Waals surface area contributed by atoms with Crippen LogP contribution in [0.3, 0.4) is 0 Å². The number of hydrogen-bond donors (Lipinski definition) is 1. The molecule has 0 saturated heterocycles. The quantitative estimate of drug-likeness (QED) is 0.942. The van der Waals surface area contributed by atoms with Crippen molar-refractivity contribution in [3.8, 4) is 17.2 Å². The van der Waals surface area contributed by atoms with Gasteiger partial charge in [0, 0.05) is 23.5 Å². The summed E-state index contributed by atoms with van der Waals surface area (Å²) in [5.41, 5.74) is 2.53. The highest BCUT2D eigenvalue weighted by atomic mass is 16.5. The fraction of sp³-hybridized carbons (Fsp3) is 0.278. The van der Waals surface area contributed by atoms with Gasteiger partial charge in [-0.2, -0.15) is 0 Å². The standard InChI is InChI=1S/C18H19NO4/c1-21-13-7-5-4-6-11(13)12-10-16(20)19-18-15(23-3)9-8-14(22-2)17(12)18/h4-9,12H,10H2,1-3H3,(H,19,20). The van der Waals surface area contributed by atoms with E-state index in [0.29, 0.717) is 17.9 Å². The maximum atomic E-state index is 12.2. The molecular formula is C18H19NO4. The third-order valence-corrected chi connectivity index (χ3v) is 4.12. The molecule has 0 radical (unpaired) electrons. The zero-order chi connectivity index (χ0) is 16.4. The molecule has 5 heteroatoms. The van der Waals surface area contributed by atoms with Gasteiger partial charge in [-0.1, -0.05) is 18.2 Å². The van der Waals surface area contributed by atoms with Gasteiger partial charge in [0.05, 0.1) is 27.0 Å². The molecule has 2 aromatic rings. The molecule has 0 fully saturated rings. The van der Waals surface area contributed by atoms with E-state index in [1.807, 2.05) is 30.3 Å². The van der Waals surface area contributed by atoms with Crippen LogP contribution in [-0.2, 0) is 4.79 Å². The number of nitrogens with one attached hydrogen (secondary N) is 1. The molecule has 1 aliphatic heterocycles. The Bertz CT molecular complexity index is 742. The van der Waals surface area contributed by atoms with E-state index in [1.165, 1.54) is 0 Å². The number of anilines is 1. The summed E-state index contributed by atoms with van der Waals surface area (Å²) in [5, 5.41) is 2.91. The summed E-state index contributed by atoms with van der Waals surface area (Å²) < 4.78 is 16.4. The molecule has 0 aromatic heterocycles. The summed E-state index contributed by atoms with van der Waals surface area (Å²) in [5.74, 6) is 1.88. The smallest absolute Gasteiger partial charge is 0.225 e. The first-order chi connectivity index (χ1) is 11.2. The summed E-state index contributed by atoms with van der Waals surface area (Å²) in [4.78, 5) is 12.2. The Hall–Kier alpha value is -2.69. The summed E-state index contributed by atoms with van der Waals surface area (Å²) in [6, 6.07) is 11.4. The van der Waals surface area contributed by atoms with E-state index in [9.17, 15) is 4.79 Å². The van der Waals surface area contributed by atoms with Crippen LogP contribution >= 0.6 is 0 Å². The van der Waals surface area contributed by atoms with Crippen LogP contribution in [0.2, 0.25) is 0 Å². The second kappa shape index (κ2) is 6.20. The molecule has 3 rings (SSSR count). The Kier molecular flexibility index (Phi) is 4.10. The van der Waals surface area contributed by atoms with E-state index in [4.69, 9.17) is 14.2 Å². The number of carbonyl (C=O) groups is 1. The van der Waals surface area contributed by atoms with Crippen molar-refractivity contribution in [3.05, 3.63) is 47.5 Å². The van der Waals surface area contributed by atoms with Crippen LogP contribution < -0.4 is 19.5 Å². The van der Waals surface area contributed by atoms with Gasteiger partial charge >= 0.3 is 0 Å². The molecule has 0 aliphatic carbocycles. The Labute approximate surface area is 135 Å². The van der Waals surface area contributed by atoms with Crippen LogP contribution in [0.25, 0.3) is 0 Å². The molecule has 0 saturated carbocycles. The van der Waals surface area contributed by atoms with Gasteiger partial charge in [0.15, 0.2) is 0 Å². The number of para-hydroxylation sites is 1. The Morgan fingerprint density at radius 2 is 1.57 bits per heavy atom. The Morgan fingerprint density at radius 1 is 0.913 bits per heavy atom. The molecule has 23 heavy (non-hydrogen) atoms. The van der Waals surface area contributed by atoms with E-state index < -0.39 is 0 Å². The zero-order valence-electron chi connectivity index (χ0n) is 13.4. The normalized spacial score (nSPS) is 16.3. The highest BCUT2D eigenvalue weighted by Crippen LogP contribution is 2.48. The van der Waals surface area contributed by atoms with E-state index in [-0.39, 0.29) is 11.8 Å². The largest absolute Gasteiger partial charge is 0.496 e. The van der Waals surface area contributed by atoms with Gasteiger partial charge in [0.2, 0.25) is 5.91 Å². The molecule has 1 aliphatic rings. The molecule has 5 nitrogen and oxygen atoms in total. The number of fused-ring (bicyclic) bond motifs is 1. The van der Waals surface area contributed by atoms with Gasteiger partial charge in [-0.05, 0) is 18.2 Å². The van der Waals surface area contributed by atoms with Crippen LogP contribution in [-0.4, -0.2) is 27.2 Å². The van der Waals surface area contributed by atoms with Crippen molar-refractivity contribution < 1.29 is 19.0 Å². The van der Waals surface area contributed by atoms with Gasteiger partial charge < -0.3 is 19.5 Å². The van der Waals surface area contributed by atoms with Gasteiger partial charge in [-0.15, -0.1) is 0 Å². The minimum absolute atomic E-state index is 0.0556. The molecule has 0 spiro atoms. The molecule has 1 heterocycles. The molecule has 1 unspecified atom stereocenters. The number of rotatable bonds is 4. The second-order valence-corrected chi connectivity index (χ2v) is 5.31. The zero-order valence-corrected chi connectivity index (χ0v) is 13.4. The average Bonchev–Trinajstić information content (AvgIpc) is 2.59. The highest BCUT2D eigenvalue weighted by Gasteiger charge is 2.33. The average molecular weight is 313 g/mol. The number of benzene rings is 2. The number of amides is 1.